The van der Waals surface area contributed by atoms with Crippen LogP contribution in [0.4, 0.5) is 0 Å². The van der Waals surface area contributed by atoms with E-state index < -0.39 is 0 Å². The van der Waals surface area contributed by atoms with Gasteiger partial charge >= 0.3 is 0 Å². The zero-order valence-corrected chi connectivity index (χ0v) is 9.02. The molecule has 0 amide bonds. The summed E-state index contributed by atoms with van der Waals surface area (Å²) in [4.78, 5) is 0. The van der Waals surface area contributed by atoms with Crippen molar-refractivity contribution in [2.24, 2.45) is 0 Å². The summed E-state index contributed by atoms with van der Waals surface area (Å²) in [6.45, 7) is 2.17. The molecule has 0 bridgehead atoms. The Hall–Kier alpha value is -0.500. The molecule has 0 fully saturated rings. The summed E-state index contributed by atoms with van der Waals surface area (Å²) in [6, 6.07) is 6.11. The first kappa shape index (κ1) is 9.59. The number of rotatable bonds is 3. The molecule has 1 rings (SSSR count). The molecule has 1 aromatic carbocycles. The number of halogens is 1. The fraction of sp³-hybridized carbons (Fsp3) is 0.400. The molecular formula is C10H13BrO. The molecule has 0 spiro atoms. The number of hydrogen-bond donors (Lipinski definition) is 0. The van der Waals surface area contributed by atoms with Crippen LogP contribution >= 0.6 is 15.9 Å². The van der Waals surface area contributed by atoms with Crippen molar-refractivity contribution in [2.75, 3.05) is 7.11 Å². The van der Waals surface area contributed by atoms with E-state index in [0.29, 0.717) is 0 Å². The fourth-order valence-corrected chi connectivity index (χ4v) is 1.80. The van der Waals surface area contributed by atoms with Crippen LogP contribution in [0.5, 0.6) is 5.75 Å². The van der Waals surface area contributed by atoms with Gasteiger partial charge in [0.05, 0.1) is 11.6 Å². The molecule has 0 aliphatic carbocycles. The molecule has 0 N–H and O–H groups in total. The molecule has 0 atom stereocenters. The van der Waals surface area contributed by atoms with Crippen molar-refractivity contribution >= 4 is 15.9 Å². The summed E-state index contributed by atoms with van der Waals surface area (Å²) in [5.41, 5.74) is 1.32. The number of benzene rings is 1. The highest BCUT2D eigenvalue weighted by Crippen LogP contribution is 2.28. The van der Waals surface area contributed by atoms with Crippen LogP contribution in [-0.2, 0) is 6.42 Å². The maximum Gasteiger partial charge on any atom is 0.133 e. The van der Waals surface area contributed by atoms with Gasteiger partial charge in [-0.3, -0.25) is 0 Å². The minimum atomic E-state index is 0.918. The topological polar surface area (TPSA) is 9.23 Å². The van der Waals surface area contributed by atoms with Crippen LogP contribution in [0.25, 0.3) is 0 Å². The molecule has 2 heteroatoms. The Balaban J connectivity index is 2.97. The normalized spacial score (nSPS) is 9.92. The standard InChI is InChI=1S/C10H13BrO/c1-3-5-8-6-4-7-9(12-2)10(8)11/h4,6-7H,3,5H2,1-2H3. The molecule has 0 aliphatic rings. The molecule has 0 aromatic heterocycles. The van der Waals surface area contributed by atoms with E-state index in [9.17, 15) is 0 Å². The van der Waals surface area contributed by atoms with Crippen LogP contribution in [0.3, 0.4) is 0 Å². The average Bonchev–Trinajstić information content (AvgIpc) is 2.09. The summed E-state index contributed by atoms with van der Waals surface area (Å²) < 4.78 is 6.28. The average molecular weight is 229 g/mol. The molecule has 0 unspecified atom stereocenters. The Morgan fingerprint density at radius 2 is 2.17 bits per heavy atom. The van der Waals surface area contributed by atoms with E-state index in [1.54, 1.807) is 7.11 Å². The van der Waals surface area contributed by atoms with Gasteiger partial charge in [-0.15, -0.1) is 0 Å². The van der Waals surface area contributed by atoms with Crippen molar-refractivity contribution in [3.8, 4) is 5.75 Å². The van der Waals surface area contributed by atoms with E-state index in [4.69, 9.17) is 4.74 Å². The first-order valence-corrected chi connectivity index (χ1v) is 4.90. The summed E-state index contributed by atoms with van der Waals surface area (Å²) in [6.07, 6.45) is 2.25. The predicted octanol–water partition coefficient (Wildman–Crippen LogP) is 3.41. The van der Waals surface area contributed by atoms with Gasteiger partial charge in [0, 0.05) is 0 Å². The van der Waals surface area contributed by atoms with E-state index >= 15 is 0 Å². The smallest absolute Gasteiger partial charge is 0.133 e. The fourth-order valence-electron chi connectivity index (χ4n) is 1.18. The number of methoxy groups -OCH3 is 1. The highest BCUT2D eigenvalue weighted by molar-refractivity contribution is 9.10. The lowest BCUT2D eigenvalue weighted by Crippen LogP contribution is -1.89. The molecule has 0 aliphatic heterocycles. The van der Waals surface area contributed by atoms with Crippen LogP contribution in [-0.4, -0.2) is 7.11 Å². The third-order valence-corrected chi connectivity index (χ3v) is 2.68. The van der Waals surface area contributed by atoms with E-state index in [2.05, 4.69) is 28.9 Å². The third-order valence-electron chi connectivity index (χ3n) is 1.78. The van der Waals surface area contributed by atoms with Gasteiger partial charge < -0.3 is 4.74 Å². The van der Waals surface area contributed by atoms with Gasteiger partial charge in [-0.05, 0) is 34.0 Å². The number of ether oxygens (including phenoxy) is 1. The molecule has 0 saturated heterocycles. The molecule has 1 aromatic rings. The van der Waals surface area contributed by atoms with E-state index in [1.807, 2.05) is 12.1 Å². The maximum atomic E-state index is 5.19. The maximum absolute atomic E-state index is 5.19. The lowest BCUT2D eigenvalue weighted by Gasteiger charge is -2.07. The molecule has 66 valence electrons. The van der Waals surface area contributed by atoms with Crippen LogP contribution < -0.4 is 4.74 Å². The van der Waals surface area contributed by atoms with Crippen LogP contribution in [0.15, 0.2) is 22.7 Å². The quantitative estimate of drug-likeness (QED) is 0.771. The Morgan fingerprint density at radius 3 is 2.75 bits per heavy atom. The van der Waals surface area contributed by atoms with Gasteiger partial charge in [0.2, 0.25) is 0 Å². The van der Waals surface area contributed by atoms with Crippen molar-refractivity contribution in [1.82, 2.24) is 0 Å². The minimum Gasteiger partial charge on any atom is -0.496 e. The highest BCUT2D eigenvalue weighted by Gasteiger charge is 2.03. The van der Waals surface area contributed by atoms with Crippen LogP contribution in [0, 0.1) is 0 Å². The van der Waals surface area contributed by atoms with Gasteiger partial charge in [0.1, 0.15) is 5.75 Å². The highest BCUT2D eigenvalue weighted by atomic mass is 79.9. The zero-order chi connectivity index (χ0) is 8.97. The Labute approximate surface area is 81.9 Å². The van der Waals surface area contributed by atoms with Crippen LogP contribution in [0.2, 0.25) is 0 Å². The van der Waals surface area contributed by atoms with Crippen LogP contribution in [0.1, 0.15) is 18.9 Å². The summed E-state index contributed by atoms with van der Waals surface area (Å²) in [5.74, 6) is 0.918. The monoisotopic (exact) mass is 228 g/mol. The van der Waals surface area contributed by atoms with Gasteiger partial charge in [-0.2, -0.15) is 0 Å². The van der Waals surface area contributed by atoms with Crippen molar-refractivity contribution in [1.29, 1.82) is 0 Å². The number of hydrogen-bond acceptors (Lipinski definition) is 1. The van der Waals surface area contributed by atoms with Crippen molar-refractivity contribution < 1.29 is 4.74 Å². The molecule has 0 saturated carbocycles. The molecular weight excluding hydrogens is 216 g/mol. The second-order valence-electron chi connectivity index (χ2n) is 2.68. The summed E-state index contributed by atoms with van der Waals surface area (Å²) in [5, 5.41) is 0. The van der Waals surface area contributed by atoms with Crippen molar-refractivity contribution in [2.45, 2.75) is 19.8 Å². The lowest BCUT2D eigenvalue weighted by atomic mass is 10.1. The van der Waals surface area contributed by atoms with Gasteiger partial charge in [-0.1, -0.05) is 25.5 Å². The molecule has 12 heavy (non-hydrogen) atoms. The van der Waals surface area contributed by atoms with Gasteiger partial charge in [0.15, 0.2) is 0 Å². The van der Waals surface area contributed by atoms with Gasteiger partial charge in [-0.25, -0.2) is 0 Å². The molecule has 1 nitrogen and oxygen atoms in total. The van der Waals surface area contributed by atoms with E-state index in [-0.39, 0.29) is 0 Å². The Bertz CT molecular complexity index is 258. The van der Waals surface area contributed by atoms with E-state index in [1.165, 1.54) is 5.56 Å². The first-order chi connectivity index (χ1) is 5.79. The minimum absolute atomic E-state index is 0.918. The second-order valence-corrected chi connectivity index (χ2v) is 3.48. The molecule has 0 radical (unpaired) electrons. The summed E-state index contributed by atoms with van der Waals surface area (Å²) in [7, 11) is 1.69. The second kappa shape index (κ2) is 4.51. The first-order valence-electron chi connectivity index (χ1n) is 4.11. The SMILES string of the molecule is CCCc1cccc(OC)c1Br. The Morgan fingerprint density at radius 1 is 1.42 bits per heavy atom. The van der Waals surface area contributed by atoms with Crippen molar-refractivity contribution in [3.05, 3.63) is 28.2 Å². The number of aryl methyl sites for hydroxylation is 1. The zero-order valence-electron chi connectivity index (χ0n) is 7.43. The lowest BCUT2D eigenvalue weighted by molar-refractivity contribution is 0.411. The molecule has 0 heterocycles. The predicted molar refractivity (Wildman–Crippen MR) is 54.7 cm³/mol. The summed E-state index contributed by atoms with van der Waals surface area (Å²) >= 11 is 3.52. The van der Waals surface area contributed by atoms with Gasteiger partial charge in [0.25, 0.3) is 0 Å². The largest absolute Gasteiger partial charge is 0.496 e. The van der Waals surface area contributed by atoms with Crippen molar-refractivity contribution in [3.63, 3.8) is 0 Å². The third kappa shape index (κ3) is 2.01. The van der Waals surface area contributed by atoms with E-state index in [0.717, 1.165) is 23.1 Å². The Kier molecular flexibility index (Phi) is 3.60.